The Kier molecular flexibility index (Phi) is 5.67. The van der Waals surface area contributed by atoms with Crippen molar-refractivity contribution in [2.45, 2.75) is 38.6 Å². The summed E-state index contributed by atoms with van der Waals surface area (Å²) in [6.45, 7) is 4.84. The third-order valence-electron chi connectivity index (χ3n) is 3.48. The van der Waals surface area contributed by atoms with Crippen LogP contribution >= 0.6 is 22.9 Å². The Labute approximate surface area is 123 Å². The van der Waals surface area contributed by atoms with Crippen LogP contribution < -0.4 is 5.32 Å². The number of hydrogen-bond donors (Lipinski definition) is 1. The predicted octanol–water partition coefficient (Wildman–Crippen LogP) is 3.40. The second kappa shape index (κ2) is 7.27. The molecule has 0 bridgehead atoms. The Morgan fingerprint density at radius 1 is 1.63 bits per heavy atom. The molecule has 3 nitrogen and oxygen atoms in total. The molecule has 1 N–H and O–H groups in total. The molecule has 2 heterocycles. The van der Waals surface area contributed by atoms with Crippen molar-refractivity contribution in [1.82, 2.24) is 10.2 Å². The van der Waals surface area contributed by atoms with Gasteiger partial charge in [-0.25, -0.2) is 0 Å². The minimum atomic E-state index is 0.0853. The number of carbonyl (C=O) groups excluding carboxylic acids is 1. The summed E-state index contributed by atoms with van der Waals surface area (Å²) in [5.41, 5.74) is 0. The quantitative estimate of drug-likeness (QED) is 0.873. The zero-order valence-corrected chi connectivity index (χ0v) is 12.9. The standard InChI is InChI=1S/C14H21ClN2OS/c1-2-3-8-17(10-11-5-4-7-16-11)14(18)13-12(15)6-9-19-13/h6,9,11,16H,2-5,7-8,10H2,1H3. The van der Waals surface area contributed by atoms with Crippen LogP contribution in [-0.4, -0.2) is 36.5 Å². The van der Waals surface area contributed by atoms with Crippen molar-refractivity contribution >= 4 is 28.8 Å². The molecule has 0 saturated carbocycles. The van der Waals surface area contributed by atoms with Gasteiger partial charge >= 0.3 is 0 Å². The van der Waals surface area contributed by atoms with Gasteiger partial charge in [-0.05, 0) is 37.3 Å². The van der Waals surface area contributed by atoms with Gasteiger partial charge in [-0.3, -0.25) is 4.79 Å². The van der Waals surface area contributed by atoms with E-state index in [1.165, 1.54) is 17.8 Å². The number of hydrogen-bond acceptors (Lipinski definition) is 3. The molecule has 5 heteroatoms. The van der Waals surface area contributed by atoms with Crippen molar-refractivity contribution in [2.75, 3.05) is 19.6 Å². The van der Waals surface area contributed by atoms with E-state index in [-0.39, 0.29) is 5.91 Å². The topological polar surface area (TPSA) is 32.3 Å². The second-order valence-electron chi connectivity index (χ2n) is 5.00. The number of unbranched alkanes of at least 4 members (excludes halogenated alkanes) is 1. The van der Waals surface area contributed by atoms with Gasteiger partial charge in [-0.15, -0.1) is 11.3 Å². The number of amides is 1. The van der Waals surface area contributed by atoms with Gasteiger partial charge in [-0.2, -0.15) is 0 Å². The van der Waals surface area contributed by atoms with Gasteiger partial charge in [0.1, 0.15) is 4.88 Å². The summed E-state index contributed by atoms with van der Waals surface area (Å²) >= 11 is 7.51. The lowest BCUT2D eigenvalue weighted by Gasteiger charge is -2.25. The van der Waals surface area contributed by atoms with Crippen LogP contribution in [0.4, 0.5) is 0 Å². The molecule has 0 spiro atoms. The summed E-state index contributed by atoms with van der Waals surface area (Å²) in [6.07, 6.45) is 4.51. The summed E-state index contributed by atoms with van der Waals surface area (Å²) < 4.78 is 0. The Bertz CT molecular complexity index is 415. The highest BCUT2D eigenvalue weighted by Crippen LogP contribution is 2.24. The van der Waals surface area contributed by atoms with Gasteiger partial charge in [-0.1, -0.05) is 24.9 Å². The first-order chi connectivity index (χ1) is 9.22. The Hall–Kier alpha value is -0.580. The lowest BCUT2D eigenvalue weighted by molar-refractivity contribution is 0.0744. The maximum absolute atomic E-state index is 12.5. The van der Waals surface area contributed by atoms with Gasteiger partial charge < -0.3 is 10.2 Å². The van der Waals surface area contributed by atoms with Crippen LogP contribution in [0.1, 0.15) is 42.3 Å². The summed E-state index contributed by atoms with van der Waals surface area (Å²) in [7, 11) is 0. The second-order valence-corrected chi connectivity index (χ2v) is 6.32. The van der Waals surface area contributed by atoms with Gasteiger partial charge in [0.05, 0.1) is 5.02 Å². The van der Waals surface area contributed by atoms with Crippen LogP contribution in [0.25, 0.3) is 0 Å². The molecular weight excluding hydrogens is 280 g/mol. The van der Waals surface area contributed by atoms with Crippen molar-refractivity contribution < 1.29 is 4.79 Å². The normalized spacial score (nSPS) is 18.7. The highest BCUT2D eigenvalue weighted by Gasteiger charge is 2.24. The van der Waals surface area contributed by atoms with Gasteiger partial charge in [0.15, 0.2) is 0 Å². The molecule has 1 aromatic rings. The maximum Gasteiger partial charge on any atom is 0.265 e. The smallest absolute Gasteiger partial charge is 0.265 e. The highest BCUT2D eigenvalue weighted by molar-refractivity contribution is 7.12. The first-order valence-corrected chi connectivity index (χ1v) is 8.23. The van der Waals surface area contributed by atoms with E-state index in [9.17, 15) is 4.79 Å². The third kappa shape index (κ3) is 3.94. The molecule has 1 atom stereocenters. The van der Waals surface area contributed by atoms with Gasteiger partial charge in [0.2, 0.25) is 0 Å². The van der Waals surface area contributed by atoms with Crippen molar-refractivity contribution in [3.63, 3.8) is 0 Å². The van der Waals surface area contributed by atoms with E-state index in [2.05, 4.69) is 12.2 Å². The highest BCUT2D eigenvalue weighted by atomic mass is 35.5. The molecule has 1 unspecified atom stereocenters. The van der Waals surface area contributed by atoms with Crippen LogP contribution in [0.5, 0.6) is 0 Å². The number of nitrogens with one attached hydrogen (secondary N) is 1. The van der Waals surface area contributed by atoms with E-state index < -0.39 is 0 Å². The summed E-state index contributed by atoms with van der Waals surface area (Å²) in [4.78, 5) is 15.2. The number of nitrogens with zero attached hydrogens (tertiary/aromatic N) is 1. The molecule has 2 rings (SSSR count). The van der Waals surface area contributed by atoms with E-state index in [0.717, 1.165) is 38.9 Å². The average Bonchev–Trinajstić information content (AvgIpc) is 3.05. The SMILES string of the molecule is CCCCN(CC1CCCN1)C(=O)c1sccc1Cl. The molecule has 1 fully saturated rings. The lowest BCUT2D eigenvalue weighted by atomic mass is 10.2. The fourth-order valence-electron chi connectivity index (χ4n) is 2.39. The minimum absolute atomic E-state index is 0.0853. The van der Waals surface area contributed by atoms with Gasteiger partial charge in [0.25, 0.3) is 5.91 Å². The van der Waals surface area contributed by atoms with Crippen LogP contribution in [0.2, 0.25) is 5.02 Å². The molecule has 19 heavy (non-hydrogen) atoms. The summed E-state index contributed by atoms with van der Waals surface area (Å²) in [6, 6.07) is 2.24. The van der Waals surface area contributed by atoms with Crippen LogP contribution in [-0.2, 0) is 0 Å². The van der Waals surface area contributed by atoms with Crippen molar-refractivity contribution in [2.24, 2.45) is 0 Å². The molecule has 0 aliphatic carbocycles. The van der Waals surface area contributed by atoms with Crippen LogP contribution in [0, 0.1) is 0 Å². The molecule has 1 saturated heterocycles. The van der Waals surface area contributed by atoms with E-state index in [1.807, 2.05) is 10.3 Å². The van der Waals surface area contributed by atoms with Crippen molar-refractivity contribution in [1.29, 1.82) is 0 Å². The maximum atomic E-state index is 12.5. The monoisotopic (exact) mass is 300 g/mol. The minimum Gasteiger partial charge on any atom is -0.336 e. The van der Waals surface area contributed by atoms with Gasteiger partial charge in [0, 0.05) is 19.1 Å². The Morgan fingerprint density at radius 3 is 3.05 bits per heavy atom. The number of rotatable bonds is 6. The number of halogens is 1. The molecule has 1 aromatic heterocycles. The zero-order chi connectivity index (χ0) is 13.7. The first-order valence-electron chi connectivity index (χ1n) is 6.98. The van der Waals surface area contributed by atoms with E-state index >= 15 is 0 Å². The van der Waals surface area contributed by atoms with E-state index in [1.54, 1.807) is 6.07 Å². The zero-order valence-electron chi connectivity index (χ0n) is 11.3. The van der Waals surface area contributed by atoms with Crippen molar-refractivity contribution in [3.05, 3.63) is 21.3 Å². The fourth-order valence-corrected chi connectivity index (χ4v) is 3.50. The molecular formula is C14H21ClN2OS. The van der Waals surface area contributed by atoms with Crippen LogP contribution in [0.3, 0.4) is 0 Å². The number of thiophene rings is 1. The molecule has 106 valence electrons. The molecule has 1 aliphatic rings. The molecule has 0 aromatic carbocycles. The fraction of sp³-hybridized carbons (Fsp3) is 0.643. The molecule has 1 aliphatic heterocycles. The first kappa shape index (κ1) is 14.8. The lowest BCUT2D eigenvalue weighted by Crippen LogP contribution is -2.41. The van der Waals surface area contributed by atoms with E-state index in [0.29, 0.717) is 15.9 Å². The third-order valence-corrected chi connectivity index (χ3v) is 4.81. The van der Waals surface area contributed by atoms with Crippen molar-refractivity contribution in [3.8, 4) is 0 Å². The molecule has 1 amide bonds. The Morgan fingerprint density at radius 2 is 2.47 bits per heavy atom. The summed E-state index contributed by atoms with van der Waals surface area (Å²) in [5.74, 6) is 0.0853. The number of carbonyl (C=O) groups is 1. The molecule has 0 radical (unpaired) electrons. The largest absolute Gasteiger partial charge is 0.336 e. The average molecular weight is 301 g/mol. The summed E-state index contributed by atoms with van der Waals surface area (Å²) in [5, 5.41) is 5.91. The predicted molar refractivity (Wildman–Crippen MR) is 81.2 cm³/mol. The Balaban J connectivity index is 2.03. The van der Waals surface area contributed by atoms with Crippen LogP contribution in [0.15, 0.2) is 11.4 Å². The van der Waals surface area contributed by atoms with E-state index in [4.69, 9.17) is 11.6 Å².